The molecule has 2 aromatic carbocycles. The molecular formula is C22H24Br2O4. The molecule has 3 rings (SSSR count). The number of hydrogen-bond acceptors (Lipinski definition) is 4. The number of halogens is 2. The maximum absolute atomic E-state index is 11.3. The monoisotopic (exact) mass is 510 g/mol. The highest BCUT2D eigenvalue weighted by Gasteiger charge is 2.05. The fourth-order valence-corrected chi connectivity index (χ4v) is 3.55. The van der Waals surface area contributed by atoms with Crippen molar-refractivity contribution >= 4 is 56.4 Å². The summed E-state index contributed by atoms with van der Waals surface area (Å²) < 4.78 is 6.88. The summed E-state index contributed by atoms with van der Waals surface area (Å²) >= 11 is 6.72. The Hall–Kier alpha value is -2.05. The molecule has 0 atom stereocenters. The molecule has 4 nitrogen and oxygen atoms in total. The lowest BCUT2D eigenvalue weighted by molar-refractivity contribution is -0.0987. The first kappa shape index (κ1) is 26.0. The molecule has 0 aliphatic rings. The number of benzene rings is 2. The summed E-state index contributed by atoms with van der Waals surface area (Å²) in [6, 6.07) is 14.3. The second kappa shape index (κ2) is 13.2. The van der Waals surface area contributed by atoms with Crippen LogP contribution in [0.3, 0.4) is 0 Å². The largest absolute Gasteiger partial charge is 0.421 e. The lowest BCUT2D eigenvalue weighted by Gasteiger charge is -2.03. The molecule has 0 saturated carbocycles. The molecule has 6 heteroatoms. The molecule has 1 heterocycles. The Morgan fingerprint density at radius 1 is 0.893 bits per heavy atom. The van der Waals surface area contributed by atoms with Gasteiger partial charge >= 0.3 is 5.63 Å². The summed E-state index contributed by atoms with van der Waals surface area (Å²) in [6.45, 7) is 12.3. The van der Waals surface area contributed by atoms with Gasteiger partial charge in [-0.1, -0.05) is 59.6 Å². The Morgan fingerprint density at radius 3 is 1.93 bits per heavy atom. The van der Waals surface area contributed by atoms with E-state index in [1.54, 1.807) is 6.92 Å². The SMILES string of the molecule is C=O.C=O.Cc1cc2cc(Br)cc(Br)c2oc1=O.Cc1ccc(C(C)C)cc1. The van der Waals surface area contributed by atoms with E-state index < -0.39 is 0 Å². The van der Waals surface area contributed by atoms with E-state index in [9.17, 15) is 4.79 Å². The van der Waals surface area contributed by atoms with Crippen molar-refractivity contribution in [2.75, 3.05) is 0 Å². The number of carbonyl (C=O) groups excluding carboxylic acids is 2. The highest BCUT2D eigenvalue weighted by molar-refractivity contribution is 9.11. The van der Waals surface area contributed by atoms with Crippen molar-refractivity contribution in [2.24, 2.45) is 0 Å². The number of fused-ring (bicyclic) bond motifs is 1. The number of carbonyl (C=O) groups is 2. The summed E-state index contributed by atoms with van der Waals surface area (Å²) in [4.78, 5) is 27.3. The molecular weight excluding hydrogens is 488 g/mol. The van der Waals surface area contributed by atoms with Crippen LogP contribution in [0, 0.1) is 13.8 Å². The minimum atomic E-state index is -0.291. The van der Waals surface area contributed by atoms with Gasteiger partial charge < -0.3 is 14.0 Å². The summed E-state index contributed by atoms with van der Waals surface area (Å²) in [7, 11) is 0. The van der Waals surface area contributed by atoms with Crippen LogP contribution in [0.5, 0.6) is 0 Å². The number of hydrogen-bond donors (Lipinski definition) is 0. The van der Waals surface area contributed by atoms with Crippen LogP contribution in [0.25, 0.3) is 11.0 Å². The molecule has 0 radical (unpaired) electrons. The van der Waals surface area contributed by atoms with E-state index in [-0.39, 0.29) is 5.63 Å². The Morgan fingerprint density at radius 2 is 1.43 bits per heavy atom. The highest BCUT2D eigenvalue weighted by atomic mass is 79.9. The quantitative estimate of drug-likeness (QED) is 0.356. The fraction of sp³-hybridized carbons (Fsp3) is 0.227. The van der Waals surface area contributed by atoms with E-state index in [1.807, 2.05) is 31.8 Å². The first-order valence-corrected chi connectivity index (χ1v) is 9.90. The molecule has 0 bridgehead atoms. The molecule has 0 aliphatic carbocycles. The van der Waals surface area contributed by atoms with E-state index >= 15 is 0 Å². The second-order valence-corrected chi connectivity index (χ2v) is 7.86. The van der Waals surface area contributed by atoms with Gasteiger partial charge in [-0.3, -0.25) is 0 Å². The van der Waals surface area contributed by atoms with Crippen LogP contribution in [0.1, 0.15) is 36.5 Å². The maximum atomic E-state index is 11.3. The van der Waals surface area contributed by atoms with E-state index in [0.29, 0.717) is 17.1 Å². The van der Waals surface area contributed by atoms with Gasteiger partial charge in [-0.15, -0.1) is 0 Å². The standard InChI is InChI=1S/C10H6Br2O2.C10H14.2CH2O/c1-5-2-6-3-7(11)4-8(12)9(6)14-10(5)13;1-8(2)10-6-4-9(3)5-7-10;2*1-2/h2-4H,1H3;4-8H,1-3H3;2*1H2. The van der Waals surface area contributed by atoms with Gasteiger partial charge in [0.15, 0.2) is 5.58 Å². The second-order valence-electron chi connectivity index (χ2n) is 6.09. The molecule has 0 aliphatic heterocycles. The molecule has 3 aromatic rings. The zero-order valence-corrected chi connectivity index (χ0v) is 19.6. The Balaban J connectivity index is 0.000000460. The predicted molar refractivity (Wildman–Crippen MR) is 122 cm³/mol. The summed E-state index contributed by atoms with van der Waals surface area (Å²) in [5.41, 5.74) is 3.67. The van der Waals surface area contributed by atoms with Gasteiger partial charge in [-0.2, -0.15) is 0 Å². The van der Waals surface area contributed by atoms with Crippen LogP contribution >= 0.6 is 31.9 Å². The topological polar surface area (TPSA) is 64.3 Å². The van der Waals surface area contributed by atoms with Gasteiger partial charge in [-0.25, -0.2) is 4.79 Å². The zero-order chi connectivity index (χ0) is 21.9. The van der Waals surface area contributed by atoms with Crippen molar-refractivity contribution in [3.05, 3.63) is 78.5 Å². The normalized spacial score (nSPS) is 9.39. The number of aryl methyl sites for hydroxylation is 2. The van der Waals surface area contributed by atoms with E-state index in [4.69, 9.17) is 14.0 Å². The molecule has 0 spiro atoms. The fourth-order valence-electron chi connectivity index (χ4n) is 2.21. The van der Waals surface area contributed by atoms with Crippen LogP contribution in [-0.2, 0) is 9.59 Å². The van der Waals surface area contributed by atoms with Crippen molar-refractivity contribution in [1.82, 2.24) is 0 Å². The molecule has 1 aromatic heterocycles. The third-order valence-electron chi connectivity index (χ3n) is 3.67. The van der Waals surface area contributed by atoms with Crippen molar-refractivity contribution in [3.63, 3.8) is 0 Å². The molecule has 0 amide bonds. The maximum Gasteiger partial charge on any atom is 0.339 e. The molecule has 150 valence electrons. The van der Waals surface area contributed by atoms with Crippen LogP contribution in [0.2, 0.25) is 0 Å². The van der Waals surface area contributed by atoms with Gasteiger partial charge in [0, 0.05) is 15.4 Å². The van der Waals surface area contributed by atoms with Crippen molar-refractivity contribution in [2.45, 2.75) is 33.6 Å². The van der Waals surface area contributed by atoms with Crippen molar-refractivity contribution < 1.29 is 14.0 Å². The van der Waals surface area contributed by atoms with Gasteiger partial charge in [0.05, 0.1) is 4.47 Å². The number of rotatable bonds is 1. The zero-order valence-electron chi connectivity index (χ0n) is 16.4. The molecule has 28 heavy (non-hydrogen) atoms. The van der Waals surface area contributed by atoms with Crippen molar-refractivity contribution in [1.29, 1.82) is 0 Å². The predicted octanol–water partition coefficient (Wildman–Crippen LogP) is 6.38. The molecule has 0 saturated heterocycles. The van der Waals surface area contributed by atoms with Crippen LogP contribution in [0.15, 0.2) is 60.6 Å². The van der Waals surface area contributed by atoms with Crippen LogP contribution in [0.4, 0.5) is 0 Å². The Labute approximate surface area is 182 Å². The van der Waals surface area contributed by atoms with Gasteiger partial charge in [-0.05, 0) is 59.5 Å². The van der Waals surface area contributed by atoms with Gasteiger partial charge in [0.2, 0.25) is 0 Å². The first-order chi connectivity index (χ1) is 13.3. The van der Waals surface area contributed by atoms with Gasteiger partial charge in [0.25, 0.3) is 0 Å². The average Bonchev–Trinajstić information content (AvgIpc) is 2.67. The molecule has 0 fully saturated rings. The molecule has 0 unspecified atom stereocenters. The minimum Gasteiger partial charge on any atom is -0.421 e. The minimum absolute atomic E-state index is 0.291. The summed E-state index contributed by atoms with van der Waals surface area (Å²) in [6.07, 6.45) is 0. The van der Waals surface area contributed by atoms with E-state index in [0.717, 1.165) is 14.3 Å². The van der Waals surface area contributed by atoms with Crippen LogP contribution < -0.4 is 5.63 Å². The van der Waals surface area contributed by atoms with E-state index in [1.165, 1.54) is 11.1 Å². The third-order valence-corrected chi connectivity index (χ3v) is 4.72. The smallest absolute Gasteiger partial charge is 0.339 e. The lowest BCUT2D eigenvalue weighted by atomic mass is 10.0. The van der Waals surface area contributed by atoms with Crippen molar-refractivity contribution in [3.8, 4) is 0 Å². The lowest BCUT2D eigenvalue weighted by Crippen LogP contribution is -2.01. The van der Waals surface area contributed by atoms with E-state index in [2.05, 4.69) is 76.9 Å². The Bertz CT molecular complexity index is 930. The van der Waals surface area contributed by atoms with Crippen LogP contribution in [-0.4, -0.2) is 13.6 Å². The molecule has 0 N–H and O–H groups in total. The third kappa shape index (κ3) is 7.90. The van der Waals surface area contributed by atoms with Gasteiger partial charge in [0.1, 0.15) is 13.6 Å². The summed E-state index contributed by atoms with van der Waals surface area (Å²) in [5.74, 6) is 0.653. The Kier molecular flexibility index (Phi) is 12.2. The first-order valence-electron chi connectivity index (χ1n) is 8.31. The average molecular weight is 512 g/mol. The highest BCUT2D eigenvalue weighted by Crippen LogP contribution is 2.27. The summed E-state index contributed by atoms with van der Waals surface area (Å²) in [5, 5.41) is 0.906.